The first kappa shape index (κ1) is 65.9. The SMILES string of the molecule is CCCOc1c2cc(NC(=O)Nc3ccc(C)cc3)cc1Cc1cc(NC(=O)Nc3ccc(C)cc3)cc(c1OCCC)Cc1cc(NC(=O)Nc3ccc(C)cc3)cc(c1OCCCCC(=O)O)Cc1cc(NC(=O)Nc3ccc(C)cc3)cc(c1OCCC)C2. The lowest BCUT2D eigenvalue weighted by Gasteiger charge is -2.25. The van der Waals surface area contributed by atoms with Crippen molar-refractivity contribution < 1.29 is 48.0 Å². The Morgan fingerprint density at radius 3 is 0.728 bits per heavy atom. The minimum absolute atomic E-state index is 0.0517. The molecule has 0 unspecified atom stereocenters. The Balaban J connectivity index is 1.30. The molecule has 9 rings (SSSR count). The van der Waals surface area contributed by atoms with Gasteiger partial charge in [-0.1, -0.05) is 91.6 Å². The van der Waals surface area contributed by atoms with Crippen LogP contribution in [-0.4, -0.2) is 61.6 Å². The molecular formula is C74H82N8O10. The summed E-state index contributed by atoms with van der Waals surface area (Å²) < 4.78 is 27.7. The molecule has 0 spiro atoms. The second-order valence-electron chi connectivity index (χ2n) is 23.2. The van der Waals surface area contributed by atoms with E-state index in [-0.39, 0.29) is 38.7 Å². The van der Waals surface area contributed by atoms with Gasteiger partial charge in [0.15, 0.2) is 0 Å². The van der Waals surface area contributed by atoms with Gasteiger partial charge in [0.2, 0.25) is 0 Å². The Bertz CT molecular complexity index is 3740. The van der Waals surface area contributed by atoms with Crippen molar-refractivity contribution in [1.29, 1.82) is 0 Å². The molecule has 0 atom stereocenters. The van der Waals surface area contributed by atoms with Crippen LogP contribution >= 0.6 is 0 Å². The summed E-state index contributed by atoms with van der Waals surface area (Å²) in [5, 5.41) is 34.1. The normalized spacial score (nSPS) is 11.5. The number of amides is 8. The monoisotopic (exact) mass is 1240 g/mol. The number of hydrogen-bond acceptors (Lipinski definition) is 9. The number of unbranched alkanes of at least 4 members (excludes halogenated alkanes) is 1. The van der Waals surface area contributed by atoms with Gasteiger partial charge < -0.3 is 66.6 Å². The number of nitrogens with one attached hydrogen (secondary N) is 8. The highest BCUT2D eigenvalue weighted by Gasteiger charge is 2.26. The Morgan fingerprint density at radius 2 is 0.522 bits per heavy atom. The summed E-state index contributed by atoms with van der Waals surface area (Å²) in [5.74, 6) is 1.17. The van der Waals surface area contributed by atoms with Gasteiger partial charge in [0.25, 0.3) is 0 Å². The first-order chi connectivity index (χ1) is 44.5. The molecule has 92 heavy (non-hydrogen) atoms. The summed E-state index contributed by atoms with van der Waals surface area (Å²) in [4.78, 5) is 68.6. The van der Waals surface area contributed by atoms with E-state index in [1.807, 2.05) is 194 Å². The molecule has 9 N–H and O–H groups in total. The summed E-state index contributed by atoms with van der Waals surface area (Å²) >= 11 is 0. The smallest absolute Gasteiger partial charge is 0.323 e. The Morgan fingerprint density at radius 1 is 0.315 bits per heavy atom. The van der Waals surface area contributed by atoms with E-state index in [2.05, 4.69) is 42.5 Å². The average Bonchev–Trinajstić information content (AvgIpc) is 0.783. The Hall–Kier alpha value is -10.5. The van der Waals surface area contributed by atoms with Crippen LogP contribution in [0.25, 0.3) is 0 Å². The summed E-state index contributed by atoms with van der Waals surface area (Å²) in [6.07, 6.45) is 3.22. The molecule has 8 bridgehead atoms. The van der Waals surface area contributed by atoms with E-state index < -0.39 is 30.1 Å². The maximum atomic E-state index is 14.2. The number of anilines is 8. The molecule has 18 heteroatoms. The van der Waals surface area contributed by atoms with Crippen molar-refractivity contribution in [2.75, 3.05) is 69.0 Å². The number of carbonyl (C=O) groups is 5. The van der Waals surface area contributed by atoms with E-state index in [9.17, 15) is 29.1 Å². The first-order valence-electron chi connectivity index (χ1n) is 31.4. The summed E-state index contributed by atoms with van der Waals surface area (Å²) in [6.45, 7) is 15.1. The highest BCUT2D eigenvalue weighted by molar-refractivity contribution is 6.02. The fourth-order valence-corrected chi connectivity index (χ4v) is 10.8. The molecule has 478 valence electrons. The zero-order chi connectivity index (χ0) is 65.1. The van der Waals surface area contributed by atoms with Crippen molar-refractivity contribution in [3.63, 3.8) is 0 Å². The molecule has 0 saturated heterocycles. The van der Waals surface area contributed by atoms with Crippen molar-refractivity contribution in [3.05, 3.63) is 212 Å². The third-order valence-electron chi connectivity index (χ3n) is 15.1. The van der Waals surface area contributed by atoms with Crippen LogP contribution in [0.1, 0.15) is 126 Å². The zero-order valence-corrected chi connectivity index (χ0v) is 53.4. The van der Waals surface area contributed by atoms with Crippen LogP contribution in [0.5, 0.6) is 23.0 Å². The van der Waals surface area contributed by atoms with Crippen molar-refractivity contribution in [2.24, 2.45) is 0 Å². The molecule has 0 saturated carbocycles. The molecule has 0 aromatic heterocycles. The lowest BCUT2D eigenvalue weighted by atomic mass is 9.90. The zero-order valence-electron chi connectivity index (χ0n) is 53.4. The molecule has 1 aliphatic rings. The summed E-state index contributed by atoms with van der Waals surface area (Å²) in [5.41, 5.74) is 13.5. The number of carboxylic acid groups (broad SMARTS) is 1. The molecule has 8 amide bonds. The molecule has 0 radical (unpaired) electrons. The first-order valence-corrected chi connectivity index (χ1v) is 31.4. The number of rotatable bonds is 23. The minimum atomic E-state index is -0.918. The molecule has 0 aliphatic heterocycles. The number of ether oxygens (including phenoxy) is 4. The molecule has 1 aliphatic carbocycles. The molecule has 8 aromatic rings. The van der Waals surface area contributed by atoms with Crippen molar-refractivity contribution in [3.8, 4) is 23.0 Å². The van der Waals surface area contributed by atoms with Gasteiger partial charge in [-0.3, -0.25) is 4.79 Å². The fraction of sp³-hybridized carbons (Fsp3) is 0.284. The topological polar surface area (TPSA) is 239 Å². The maximum Gasteiger partial charge on any atom is 0.323 e. The quantitative estimate of drug-likeness (QED) is 0.0275. The van der Waals surface area contributed by atoms with E-state index in [0.29, 0.717) is 165 Å². The number of benzene rings is 8. The van der Waals surface area contributed by atoms with E-state index in [1.165, 1.54) is 0 Å². The van der Waals surface area contributed by atoms with Gasteiger partial charge in [-0.2, -0.15) is 0 Å². The number of carbonyl (C=O) groups excluding carboxylic acids is 4. The molecule has 0 fully saturated rings. The predicted molar refractivity (Wildman–Crippen MR) is 367 cm³/mol. The molecule has 0 heterocycles. The summed E-state index contributed by atoms with van der Waals surface area (Å²) in [6, 6.07) is 43.1. The largest absolute Gasteiger partial charge is 0.493 e. The van der Waals surface area contributed by atoms with E-state index >= 15 is 0 Å². The molecule has 18 nitrogen and oxygen atoms in total. The van der Waals surface area contributed by atoms with Crippen molar-refractivity contribution in [1.82, 2.24) is 0 Å². The summed E-state index contributed by atoms with van der Waals surface area (Å²) in [7, 11) is 0. The van der Waals surface area contributed by atoms with Crippen LogP contribution in [0.3, 0.4) is 0 Å². The lowest BCUT2D eigenvalue weighted by Crippen LogP contribution is -2.21. The van der Waals surface area contributed by atoms with E-state index in [0.717, 1.165) is 22.3 Å². The number of hydrogen-bond donors (Lipinski definition) is 9. The number of urea groups is 4. The number of carboxylic acids is 1. The van der Waals surface area contributed by atoms with Crippen LogP contribution in [0.4, 0.5) is 64.7 Å². The average molecular weight is 1240 g/mol. The highest BCUT2D eigenvalue weighted by atomic mass is 16.5. The van der Waals surface area contributed by atoms with Gasteiger partial charge in [0.05, 0.1) is 26.4 Å². The van der Waals surface area contributed by atoms with Gasteiger partial charge in [-0.15, -0.1) is 0 Å². The van der Waals surface area contributed by atoms with Gasteiger partial charge in [-0.05, 0) is 157 Å². The third kappa shape index (κ3) is 18.8. The molecule has 8 aromatic carbocycles. The van der Waals surface area contributed by atoms with Gasteiger partial charge >= 0.3 is 30.1 Å². The van der Waals surface area contributed by atoms with Gasteiger partial charge in [-0.25, -0.2) is 19.2 Å². The van der Waals surface area contributed by atoms with Crippen molar-refractivity contribution >= 4 is 75.6 Å². The maximum absolute atomic E-state index is 14.2. The third-order valence-corrected chi connectivity index (χ3v) is 15.1. The minimum Gasteiger partial charge on any atom is -0.493 e. The number of aryl methyl sites for hydroxylation is 4. The van der Waals surface area contributed by atoms with Gasteiger partial charge in [0.1, 0.15) is 23.0 Å². The van der Waals surface area contributed by atoms with Crippen molar-refractivity contribution in [2.45, 2.75) is 113 Å². The van der Waals surface area contributed by atoms with Crippen LogP contribution in [-0.2, 0) is 30.5 Å². The van der Waals surface area contributed by atoms with Crippen LogP contribution in [0.15, 0.2) is 146 Å². The highest BCUT2D eigenvalue weighted by Crippen LogP contribution is 2.43. The Labute approximate surface area is 538 Å². The second-order valence-corrected chi connectivity index (χ2v) is 23.2. The van der Waals surface area contributed by atoms with E-state index in [1.54, 1.807) is 0 Å². The second kappa shape index (κ2) is 31.8. The predicted octanol–water partition coefficient (Wildman–Crippen LogP) is 17.2. The van der Waals surface area contributed by atoms with Crippen LogP contribution in [0.2, 0.25) is 0 Å². The van der Waals surface area contributed by atoms with Crippen LogP contribution < -0.4 is 61.5 Å². The van der Waals surface area contributed by atoms with Crippen LogP contribution in [0, 0.1) is 27.7 Å². The van der Waals surface area contributed by atoms with E-state index in [4.69, 9.17) is 18.9 Å². The van der Waals surface area contributed by atoms with Gasteiger partial charge in [0, 0.05) is 122 Å². The molecular weight excluding hydrogens is 1160 g/mol. The standard InChI is InChI=1S/C74H82N8O10/c1-8-30-89-67-50-34-52-40-63(80-72(86)76-59-24-16-47(5)17-25-59)42-54(68(52)90-31-9-2)36-56-44-65(82-74(88)78-61-28-20-49(7)21-29-61)45-57(70(56)92-33-12-11-13-66(83)84)37-55-43-64(81-73(87)77-60-26-18-48(6)19-27-60)41-53(69(55)91-32-10-3)35-51(67)39-62(38-50)79-71(85)75-58-22-14-46(4)15-23-58/h14-29,38-45H,8-13,30-37H2,1-7H3,(H,83,84)(H2,75,79,85)(H2,76,80,86)(H2,77,81,87)(H2,78,82,88). The number of aliphatic carboxylic acids is 1. The number of fused-ring (bicyclic) bond motifs is 8. The lowest BCUT2D eigenvalue weighted by molar-refractivity contribution is -0.137. The fourth-order valence-electron chi connectivity index (χ4n) is 10.8. The Kier molecular flexibility index (Phi) is 22.8.